The van der Waals surface area contributed by atoms with Crippen molar-refractivity contribution in [2.45, 2.75) is 13.3 Å². The monoisotopic (exact) mass is 129 g/mol. The van der Waals surface area contributed by atoms with Crippen molar-refractivity contribution in [2.75, 3.05) is 0 Å². The first-order valence-corrected chi connectivity index (χ1v) is 3.53. The molecule has 49 valence electrons. The summed E-state index contributed by atoms with van der Waals surface area (Å²) in [7, 11) is 0. The lowest BCUT2D eigenvalue weighted by Gasteiger charge is -2.00. The topological polar surface area (TPSA) is 0 Å². The zero-order valence-corrected chi connectivity index (χ0v) is 6.02. The number of hydrogen-bond donors (Lipinski definition) is 0. The molecule has 1 aromatic carbocycles. The lowest BCUT2D eigenvalue weighted by atomic mass is 10.0. The summed E-state index contributed by atoms with van der Waals surface area (Å²) in [6.45, 7) is 2.15. The molecule has 0 N–H and O–H groups in total. The molecule has 0 heterocycles. The van der Waals surface area contributed by atoms with Crippen LogP contribution >= 0.6 is 0 Å². The van der Waals surface area contributed by atoms with Crippen LogP contribution in [0.25, 0.3) is 6.08 Å². The molecule has 10 heavy (non-hydrogen) atoms. The quantitative estimate of drug-likeness (QED) is 0.504. The summed E-state index contributed by atoms with van der Waals surface area (Å²) in [5.74, 6) is 0. The average Bonchev–Trinajstić information content (AvgIpc) is 2.36. The minimum atomic E-state index is 1.00. The summed E-state index contributed by atoms with van der Waals surface area (Å²) in [5, 5.41) is 0. The van der Waals surface area contributed by atoms with Crippen molar-refractivity contribution < 1.29 is 0 Å². The van der Waals surface area contributed by atoms with Gasteiger partial charge in [-0.2, -0.15) is 0 Å². The molecule has 0 saturated heterocycles. The van der Waals surface area contributed by atoms with E-state index in [1.54, 1.807) is 0 Å². The van der Waals surface area contributed by atoms with Crippen LogP contribution in [0.3, 0.4) is 0 Å². The van der Waals surface area contributed by atoms with Crippen molar-refractivity contribution in [2.24, 2.45) is 0 Å². The van der Waals surface area contributed by atoms with Gasteiger partial charge in [0.05, 0.1) is 0 Å². The average molecular weight is 129 g/mol. The molecule has 1 aliphatic carbocycles. The van der Waals surface area contributed by atoms with Gasteiger partial charge >= 0.3 is 0 Å². The van der Waals surface area contributed by atoms with Crippen molar-refractivity contribution in [1.82, 2.24) is 0 Å². The van der Waals surface area contributed by atoms with E-state index in [0.29, 0.717) is 0 Å². The highest BCUT2D eigenvalue weighted by Crippen LogP contribution is 2.21. The van der Waals surface area contributed by atoms with Crippen LogP contribution in [0.15, 0.2) is 18.2 Å². The van der Waals surface area contributed by atoms with Gasteiger partial charge in [-0.1, -0.05) is 24.3 Å². The van der Waals surface area contributed by atoms with Gasteiger partial charge < -0.3 is 0 Å². The molecule has 0 aromatic heterocycles. The van der Waals surface area contributed by atoms with Gasteiger partial charge in [-0.25, -0.2) is 0 Å². The molecule has 0 amide bonds. The number of fused-ring (bicyclic) bond motifs is 1. The summed E-state index contributed by atoms with van der Waals surface area (Å²) in [4.78, 5) is 0. The van der Waals surface area contributed by atoms with Gasteiger partial charge in [0.2, 0.25) is 0 Å². The van der Waals surface area contributed by atoms with Crippen molar-refractivity contribution in [3.8, 4) is 0 Å². The third-order valence-electron chi connectivity index (χ3n) is 1.98. The summed E-state index contributed by atoms with van der Waals surface area (Å²) in [6, 6.07) is 6.39. The van der Waals surface area contributed by atoms with Gasteiger partial charge in [0, 0.05) is 0 Å². The SMILES string of the molecule is Cc1cccc2c1C[C]=C2. The highest BCUT2D eigenvalue weighted by atomic mass is 14.1. The van der Waals surface area contributed by atoms with Gasteiger partial charge in [-0.15, -0.1) is 0 Å². The van der Waals surface area contributed by atoms with Crippen LogP contribution < -0.4 is 0 Å². The fourth-order valence-corrected chi connectivity index (χ4v) is 1.36. The van der Waals surface area contributed by atoms with E-state index in [1.807, 2.05) is 0 Å². The Labute approximate surface area is 61.2 Å². The highest BCUT2D eigenvalue weighted by molar-refractivity contribution is 5.59. The molecule has 0 unspecified atom stereocenters. The van der Waals surface area contributed by atoms with Crippen molar-refractivity contribution in [1.29, 1.82) is 0 Å². The van der Waals surface area contributed by atoms with Crippen molar-refractivity contribution in [3.63, 3.8) is 0 Å². The molecule has 1 aliphatic rings. The second-order valence-electron chi connectivity index (χ2n) is 2.67. The molecule has 1 radical (unpaired) electrons. The Morgan fingerprint density at radius 3 is 3.10 bits per heavy atom. The zero-order valence-electron chi connectivity index (χ0n) is 6.02. The second-order valence-corrected chi connectivity index (χ2v) is 2.67. The molecule has 0 nitrogen and oxygen atoms in total. The molecule has 0 fully saturated rings. The summed E-state index contributed by atoms with van der Waals surface area (Å²) in [6.07, 6.45) is 6.28. The molecule has 0 spiro atoms. The Morgan fingerprint density at radius 1 is 1.40 bits per heavy atom. The zero-order chi connectivity index (χ0) is 6.97. The van der Waals surface area contributed by atoms with E-state index in [1.165, 1.54) is 16.7 Å². The number of benzene rings is 1. The summed E-state index contributed by atoms with van der Waals surface area (Å²) in [5.41, 5.74) is 4.18. The van der Waals surface area contributed by atoms with E-state index in [9.17, 15) is 0 Å². The Hall–Kier alpha value is -1.04. The van der Waals surface area contributed by atoms with Gasteiger partial charge in [-0.05, 0) is 36.1 Å². The summed E-state index contributed by atoms with van der Waals surface area (Å²) < 4.78 is 0. The molecule has 1 aromatic rings. The van der Waals surface area contributed by atoms with Gasteiger partial charge in [0.15, 0.2) is 0 Å². The molecule has 0 atom stereocenters. The van der Waals surface area contributed by atoms with Gasteiger partial charge in [-0.3, -0.25) is 0 Å². The van der Waals surface area contributed by atoms with Gasteiger partial charge in [0.25, 0.3) is 0 Å². The van der Waals surface area contributed by atoms with Crippen molar-refractivity contribution in [3.05, 3.63) is 41.0 Å². The van der Waals surface area contributed by atoms with Crippen LogP contribution in [0.2, 0.25) is 0 Å². The number of rotatable bonds is 0. The smallest absolute Gasteiger partial charge is 0.00141 e. The van der Waals surface area contributed by atoms with Crippen LogP contribution in [-0.4, -0.2) is 0 Å². The number of aryl methyl sites for hydroxylation is 1. The first-order valence-electron chi connectivity index (χ1n) is 3.53. The van der Waals surface area contributed by atoms with E-state index in [4.69, 9.17) is 0 Å². The minimum Gasteiger partial charge on any atom is -0.0614 e. The van der Waals surface area contributed by atoms with E-state index in [2.05, 4.69) is 37.3 Å². The van der Waals surface area contributed by atoms with Crippen molar-refractivity contribution >= 4 is 6.08 Å². The van der Waals surface area contributed by atoms with E-state index >= 15 is 0 Å². The van der Waals surface area contributed by atoms with Crippen LogP contribution in [0.5, 0.6) is 0 Å². The lowest BCUT2D eigenvalue weighted by Crippen LogP contribution is -1.85. The van der Waals surface area contributed by atoms with Crippen LogP contribution in [0.4, 0.5) is 0 Å². The predicted octanol–water partition coefficient (Wildman–Crippen LogP) is 2.37. The number of hydrogen-bond acceptors (Lipinski definition) is 0. The second kappa shape index (κ2) is 1.98. The molecule has 2 rings (SSSR count). The molecular weight excluding hydrogens is 120 g/mol. The fourth-order valence-electron chi connectivity index (χ4n) is 1.36. The normalized spacial score (nSPS) is 13.7. The molecule has 0 bridgehead atoms. The largest absolute Gasteiger partial charge is 0.0614 e. The first kappa shape index (κ1) is 5.72. The molecule has 0 aliphatic heterocycles. The van der Waals surface area contributed by atoms with Crippen LogP contribution in [-0.2, 0) is 6.42 Å². The third kappa shape index (κ3) is 0.688. The Bertz CT molecular complexity index is 282. The fraction of sp³-hybridized carbons (Fsp3) is 0.200. The first-order chi connectivity index (χ1) is 4.88. The number of allylic oxidation sites excluding steroid dienone is 1. The molecule has 0 saturated carbocycles. The van der Waals surface area contributed by atoms with Crippen LogP contribution in [0.1, 0.15) is 16.7 Å². The summed E-state index contributed by atoms with van der Waals surface area (Å²) >= 11 is 0. The Morgan fingerprint density at radius 2 is 2.30 bits per heavy atom. The van der Waals surface area contributed by atoms with Crippen LogP contribution in [0, 0.1) is 13.0 Å². The maximum absolute atomic E-state index is 3.20. The Balaban J connectivity index is 2.66. The van der Waals surface area contributed by atoms with Gasteiger partial charge in [0.1, 0.15) is 0 Å². The Kier molecular flexibility index (Phi) is 1.13. The van der Waals surface area contributed by atoms with E-state index in [0.717, 1.165) is 6.42 Å². The van der Waals surface area contributed by atoms with E-state index in [-0.39, 0.29) is 0 Å². The standard InChI is InChI=1S/C10H9/c1-8-4-2-5-9-6-3-7-10(8)9/h2,4-6H,7H2,1H3. The lowest BCUT2D eigenvalue weighted by molar-refractivity contribution is 1.22. The highest BCUT2D eigenvalue weighted by Gasteiger charge is 2.05. The maximum Gasteiger partial charge on any atom is -0.00141 e. The van der Waals surface area contributed by atoms with E-state index < -0.39 is 0 Å². The minimum absolute atomic E-state index is 1.00. The molecule has 0 heteroatoms. The third-order valence-corrected chi connectivity index (χ3v) is 1.98. The predicted molar refractivity (Wildman–Crippen MR) is 42.6 cm³/mol. The maximum atomic E-state index is 3.20. The molecular formula is C10H9.